The summed E-state index contributed by atoms with van der Waals surface area (Å²) in [6, 6.07) is 6.89. The molecule has 0 spiro atoms. The zero-order chi connectivity index (χ0) is 12.9. The predicted molar refractivity (Wildman–Crippen MR) is 68.5 cm³/mol. The van der Waals surface area contributed by atoms with E-state index in [1.54, 1.807) is 6.07 Å². The fourth-order valence-electron chi connectivity index (χ4n) is 1.43. The van der Waals surface area contributed by atoms with Gasteiger partial charge in [-0.2, -0.15) is 5.26 Å². The summed E-state index contributed by atoms with van der Waals surface area (Å²) in [6.45, 7) is 4.54. The molecule has 1 aromatic rings. The first-order chi connectivity index (χ1) is 7.94. The minimum atomic E-state index is -0.422. The summed E-state index contributed by atoms with van der Waals surface area (Å²) < 4.78 is 13.1. The van der Waals surface area contributed by atoms with Crippen molar-refractivity contribution in [3.8, 4) is 6.07 Å². The van der Waals surface area contributed by atoms with Gasteiger partial charge in [0.2, 0.25) is 0 Å². The van der Waals surface area contributed by atoms with E-state index in [1.807, 2.05) is 13.8 Å². The highest BCUT2D eigenvalue weighted by Crippen LogP contribution is 2.21. The number of nitrogens with one attached hydrogen (secondary N) is 1. The molecule has 0 aliphatic heterocycles. The summed E-state index contributed by atoms with van der Waals surface area (Å²) in [5.41, 5.74) is 0.411. The van der Waals surface area contributed by atoms with Gasteiger partial charge < -0.3 is 5.32 Å². The van der Waals surface area contributed by atoms with Crippen LogP contribution in [0.4, 0.5) is 10.1 Å². The second kappa shape index (κ2) is 5.88. The Morgan fingerprint density at radius 1 is 1.47 bits per heavy atom. The molecule has 0 aliphatic rings. The van der Waals surface area contributed by atoms with E-state index in [1.165, 1.54) is 12.1 Å². The summed E-state index contributed by atoms with van der Waals surface area (Å²) in [5, 5.41) is 12.1. The summed E-state index contributed by atoms with van der Waals surface area (Å²) in [7, 11) is 0. The van der Waals surface area contributed by atoms with Crippen LogP contribution in [0.25, 0.3) is 0 Å². The van der Waals surface area contributed by atoms with E-state index in [0.29, 0.717) is 12.2 Å². The van der Waals surface area contributed by atoms with Gasteiger partial charge in [0.25, 0.3) is 0 Å². The van der Waals surface area contributed by atoms with Crippen LogP contribution in [0.5, 0.6) is 0 Å². The highest BCUT2D eigenvalue weighted by Gasteiger charge is 2.15. The second-order valence-corrected chi connectivity index (χ2v) is 5.06. The monoisotopic (exact) mass is 254 g/mol. The van der Waals surface area contributed by atoms with Crippen LogP contribution in [0, 0.1) is 22.6 Å². The summed E-state index contributed by atoms with van der Waals surface area (Å²) in [6.07, 6.45) is 1.68. The van der Waals surface area contributed by atoms with Crippen molar-refractivity contribution in [3.63, 3.8) is 0 Å². The molecule has 0 atom stereocenters. The van der Waals surface area contributed by atoms with Gasteiger partial charge >= 0.3 is 0 Å². The lowest BCUT2D eigenvalue weighted by Crippen LogP contribution is -2.11. The predicted octanol–water partition coefficient (Wildman–Crippen LogP) is 4.22. The molecule has 0 radical (unpaired) electrons. The van der Waals surface area contributed by atoms with Crippen molar-refractivity contribution in [1.82, 2.24) is 0 Å². The molecule has 0 aromatic heterocycles. The second-order valence-electron chi connectivity index (χ2n) is 4.65. The molecule has 0 saturated heterocycles. The van der Waals surface area contributed by atoms with Crippen molar-refractivity contribution in [2.45, 2.75) is 26.7 Å². The Hall–Kier alpha value is -1.27. The van der Waals surface area contributed by atoms with Crippen LogP contribution in [0.2, 0.25) is 5.02 Å². The van der Waals surface area contributed by atoms with Gasteiger partial charge in [0.15, 0.2) is 0 Å². The van der Waals surface area contributed by atoms with E-state index in [-0.39, 0.29) is 10.4 Å². The molecule has 0 heterocycles. The third-order valence-electron chi connectivity index (χ3n) is 2.53. The van der Waals surface area contributed by atoms with Crippen LogP contribution < -0.4 is 5.32 Å². The molecule has 1 aromatic carbocycles. The van der Waals surface area contributed by atoms with Gasteiger partial charge in [-0.25, -0.2) is 4.39 Å². The topological polar surface area (TPSA) is 35.8 Å². The minimum Gasteiger partial charge on any atom is -0.385 e. The van der Waals surface area contributed by atoms with Crippen LogP contribution in [0.1, 0.15) is 26.7 Å². The summed E-state index contributed by atoms with van der Waals surface area (Å²) in [5.74, 6) is -0.422. The van der Waals surface area contributed by atoms with Crippen molar-refractivity contribution < 1.29 is 4.39 Å². The molecule has 0 saturated carbocycles. The normalized spacial score (nSPS) is 11.0. The molecule has 4 heteroatoms. The van der Waals surface area contributed by atoms with Gasteiger partial charge in [0.1, 0.15) is 5.82 Å². The smallest absolute Gasteiger partial charge is 0.143 e. The number of nitriles is 1. The number of anilines is 1. The van der Waals surface area contributed by atoms with Crippen LogP contribution in [-0.4, -0.2) is 6.54 Å². The molecule has 0 amide bonds. The Labute approximate surface area is 106 Å². The molecule has 0 bridgehead atoms. The van der Waals surface area contributed by atoms with E-state index < -0.39 is 5.82 Å². The third kappa shape index (κ3) is 4.62. The van der Waals surface area contributed by atoms with Crippen molar-refractivity contribution >= 4 is 17.3 Å². The van der Waals surface area contributed by atoms with E-state index in [0.717, 1.165) is 12.8 Å². The Kier molecular flexibility index (Phi) is 4.77. The lowest BCUT2D eigenvalue weighted by Gasteiger charge is -2.15. The van der Waals surface area contributed by atoms with Gasteiger partial charge in [-0.05, 0) is 44.9 Å². The quantitative estimate of drug-likeness (QED) is 0.799. The lowest BCUT2D eigenvalue weighted by molar-refractivity contribution is 0.441. The Morgan fingerprint density at radius 3 is 2.76 bits per heavy atom. The zero-order valence-electron chi connectivity index (χ0n) is 10.1. The van der Waals surface area contributed by atoms with Crippen LogP contribution in [0.3, 0.4) is 0 Å². The van der Waals surface area contributed by atoms with Crippen molar-refractivity contribution in [2.75, 3.05) is 11.9 Å². The molecule has 0 unspecified atom stereocenters. The largest absolute Gasteiger partial charge is 0.385 e. The molecular formula is C13H16ClFN2. The first-order valence-electron chi connectivity index (χ1n) is 5.55. The SMILES string of the molecule is CC(C)(C#N)CCCNc1ccc(Cl)c(F)c1. The summed E-state index contributed by atoms with van der Waals surface area (Å²) >= 11 is 5.58. The Bertz CT molecular complexity index is 424. The van der Waals surface area contributed by atoms with Gasteiger partial charge in [0, 0.05) is 12.2 Å². The van der Waals surface area contributed by atoms with E-state index in [2.05, 4.69) is 11.4 Å². The van der Waals surface area contributed by atoms with Gasteiger partial charge in [0.05, 0.1) is 16.5 Å². The number of rotatable bonds is 5. The minimum absolute atomic E-state index is 0.126. The van der Waals surface area contributed by atoms with E-state index >= 15 is 0 Å². The maximum atomic E-state index is 13.1. The first kappa shape index (κ1) is 13.8. The average molecular weight is 255 g/mol. The number of hydrogen-bond donors (Lipinski definition) is 1. The molecule has 2 nitrogen and oxygen atoms in total. The molecule has 92 valence electrons. The number of nitrogens with zero attached hydrogens (tertiary/aromatic N) is 1. The van der Waals surface area contributed by atoms with Gasteiger partial charge in [-0.3, -0.25) is 0 Å². The zero-order valence-corrected chi connectivity index (χ0v) is 10.8. The maximum absolute atomic E-state index is 13.1. The molecular weight excluding hydrogens is 239 g/mol. The maximum Gasteiger partial charge on any atom is 0.143 e. The molecule has 0 aliphatic carbocycles. The van der Waals surface area contributed by atoms with Crippen molar-refractivity contribution in [1.29, 1.82) is 5.26 Å². The third-order valence-corrected chi connectivity index (χ3v) is 2.84. The molecule has 1 N–H and O–H groups in total. The van der Waals surface area contributed by atoms with Crippen molar-refractivity contribution in [2.24, 2.45) is 5.41 Å². The van der Waals surface area contributed by atoms with E-state index in [4.69, 9.17) is 16.9 Å². The van der Waals surface area contributed by atoms with E-state index in [9.17, 15) is 4.39 Å². The fourth-order valence-corrected chi connectivity index (χ4v) is 1.54. The lowest BCUT2D eigenvalue weighted by atomic mass is 9.90. The van der Waals surface area contributed by atoms with Crippen LogP contribution in [-0.2, 0) is 0 Å². The molecule has 0 fully saturated rings. The molecule has 17 heavy (non-hydrogen) atoms. The standard InChI is InChI=1S/C13H16ClFN2/c1-13(2,9-16)6-3-7-17-10-4-5-11(14)12(15)8-10/h4-5,8,17H,3,6-7H2,1-2H3. The number of benzene rings is 1. The highest BCUT2D eigenvalue weighted by molar-refractivity contribution is 6.30. The Morgan fingerprint density at radius 2 is 2.18 bits per heavy atom. The highest BCUT2D eigenvalue weighted by atomic mass is 35.5. The average Bonchev–Trinajstić information content (AvgIpc) is 2.29. The first-order valence-corrected chi connectivity index (χ1v) is 5.92. The molecule has 1 rings (SSSR count). The summed E-state index contributed by atoms with van der Waals surface area (Å²) in [4.78, 5) is 0. The van der Waals surface area contributed by atoms with Crippen LogP contribution in [0.15, 0.2) is 18.2 Å². The van der Waals surface area contributed by atoms with Gasteiger partial charge in [-0.1, -0.05) is 11.6 Å². The van der Waals surface area contributed by atoms with Crippen molar-refractivity contribution in [3.05, 3.63) is 29.0 Å². The fraction of sp³-hybridized carbons (Fsp3) is 0.462. The van der Waals surface area contributed by atoms with Crippen LogP contribution >= 0.6 is 11.6 Å². The number of hydrogen-bond acceptors (Lipinski definition) is 2. The van der Waals surface area contributed by atoms with Gasteiger partial charge in [-0.15, -0.1) is 0 Å². The number of halogens is 2. The Balaban J connectivity index is 2.37.